The molecule has 1 aliphatic heterocycles. The predicted octanol–water partition coefficient (Wildman–Crippen LogP) is 6.03. The minimum Gasteiger partial charge on any atom is -0.353 e. The molecule has 8 atom stereocenters. The lowest BCUT2D eigenvalue weighted by Gasteiger charge is -2.60. The molecule has 2 amide bonds. The molecule has 1 aromatic carbocycles. The van der Waals surface area contributed by atoms with Gasteiger partial charge in [0.25, 0.3) is 0 Å². The third-order valence-electron chi connectivity index (χ3n) is 11.0. The SMILES string of the molecule is Cc1ccc(C(C)(NC(=O)[C@H]2CCC3C4CC[C@H]5NC(=O)CC[C@]5(C)C4CC[C@@]32C)C(F)(F)F)cc1. The van der Waals surface area contributed by atoms with Crippen molar-refractivity contribution in [1.29, 1.82) is 0 Å². The third-order valence-corrected chi connectivity index (χ3v) is 11.0. The van der Waals surface area contributed by atoms with Crippen molar-refractivity contribution in [3.05, 3.63) is 35.4 Å². The zero-order chi connectivity index (χ0) is 26.1. The summed E-state index contributed by atoms with van der Waals surface area (Å²) in [5, 5.41) is 5.72. The third kappa shape index (κ3) is 3.78. The van der Waals surface area contributed by atoms with E-state index in [1.54, 1.807) is 12.1 Å². The summed E-state index contributed by atoms with van der Waals surface area (Å²) in [5.74, 6) is 0.541. The lowest BCUT2D eigenvalue weighted by atomic mass is 9.47. The number of hydrogen-bond donors (Lipinski definition) is 2. The summed E-state index contributed by atoms with van der Waals surface area (Å²) >= 11 is 0. The Morgan fingerprint density at radius 3 is 2.31 bits per heavy atom. The number of nitrogens with one attached hydrogen (secondary N) is 2. The van der Waals surface area contributed by atoms with Gasteiger partial charge in [-0.15, -0.1) is 0 Å². The Morgan fingerprint density at radius 2 is 1.64 bits per heavy atom. The number of benzene rings is 1. The Kier molecular flexibility index (Phi) is 6.03. The molecule has 1 aromatic rings. The van der Waals surface area contributed by atoms with Crippen LogP contribution in [0.1, 0.15) is 83.3 Å². The molecule has 5 rings (SSSR count). The fourth-order valence-corrected chi connectivity index (χ4v) is 8.66. The summed E-state index contributed by atoms with van der Waals surface area (Å²) in [5.41, 5.74) is -1.73. The van der Waals surface area contributed by atoms with Gasteiger partial charge in [0.05, 0.1) is 0 Å². The van der Waals surface area contributed by atoms with Crippen LogP contribution >= 0.6 is 0 Å². The maximum absolute atomic E-state index is 14.4. The van der Waals surface area contributed by atoms with Crippen LogP contribution in [-0.2, 0) is 15.1 Å². The van der Waals surface area contributed by atoms with Crippen LogP contribution in [-0.4, -0.2) is 24.0 Å². The standard InChI is InChI=1S/C29H39F3N2O2/c1-17-5-7-18(8-6-17)28(4,29(30,31)32)34-25(36)22-11-10-20-19-9-12-23-27(3,16-14-24(35)33-23)21(19)13-15-26(20,22)2/h5-8,19-23H,9-16H2,1-4H3,(H,33,35)(H,34,36)/t19?,20?,21?,22-,23-,26+,27-,28?/m1/s1. The van der Waals surface area contributed by atoms with Gasteiger partial charge in [-0.05, 0) is 92.9 Å². The Balaban J connectivity index is 1.38. The van der Waals surface area contributed by atoms with E-state index in [2.05, 4.69) is 24.5 Å². The van der Waals surface area contributed by atoms with Crippen LogP contribution in [0.4, 0.5) is 13.2 Å². The lowest BCUT2D eigenvalue weighted by Crippen LogP contribution is -2.61. The molecule has 4 aliphatic rings. The van der Waals surface area contributed by atoms with Gasteiger partial charge in [-0.25, -0.2) is 0 Å². The van der Waals surface area contributed by atoms with Crippen molar-refractivity contribution in [1.82, 2.24) is 10.6 Å². The second kappa shape index (κ2) is 8.49. The van der Waals surface area contributed by atoms with Gasteiger partial charge < -0.3 is 10.6 Å². The summed E-state index contributed by atoms with van der Waals surface area (Å²) in [6.07, 6.45) is 2.16. The highest BCUT2D eigenvalue weighted by molar-refractivity contribution is 5.81. The molecule has 36 heavy (non-hydrogen) atoms. The maximum Gasteiger partial charge on any atom is 0.415 e. The Bertz CT molecular complexity index is 1040. The van der Waals surface area contributed by atoms with Crippen molar-refractivity contribution in [2.24, 2.45) is 34.5 Å². The van der Waals surface area contributed by atoms with E-state index >= 15 is 0 Å². The maximum atomic E-state index is 14.4. The highest BCUT2D eigenvalue weighted by Gasteiger charge is 2.62. The van der Waals surface area contributed by atoms with Crippen molar-refractivity contribution in [3.8, 4) is 0 Å². The fourth-order valence-electron chi connectivity index (χ4n) is 8.66. The van der Waals surface area contributed by atoms with E-state index in [0.29, 0.717) is 30.6 Å². The Morgan fingerprint density at radius 1 is 0.972 bits per heavy atom. The minimum absolute atomic E-state index is 0.0583. The van der Waals surface area contributed by atoms with Gasteiger partial charge >= 0.3 is 6.18 Å². The van der Waals surface area contributed by atoms with E-state index in [0.717, 1.165) is 51.0 Å². The smallest absolute Gasteiger partial charge is 0.353 e. The van der Waals surface area contributed by atoms with Crippen molar-refractivity contribution in [3.63, 3.8) is 0 Å². The zero-order valence-corrected chi connectivity index (χ0v) is 21.8. The first-order valence-corrected chi connectivity index (χ1v) is 13.5. The van der Waals surface area contributed by atoms with Gasteiger partial charge in [-0.1, -0.05) is 43.7 Å². The Labute approximate surface area is 212 Å². The minimum atomic E-state index is -4.62. The van der Waals surface area contributed by atoms with Gasteiger partial charge in [-0.2, -0.15) is 13.2 Å². The normalized spacial score (nSPS) is 39.8. The van der Waals surface area contributed by atoms with E-state index < -0.39 is 23.5 Å². The number of piperidine rings is 1. The van der Waals surface area contributed by atoms with Crippen molar-refractivity contribution < 1.29 is 22.8 Å². The van der Waals surface area contributed by atoms with Gasteiger partial charge in [0.2, 0.25) is 11.8 Å². The van der Waals surface area contributed by atoms with Crippen LogP contribution in [0.15, 0.2) is 24.3 Å². The molecule has 3 aliphatic carbocycles. The van der Waals surface area contributed by atoms with E-state index in [4.69, 9.17) is 0 Å². The van der Waals surface area contributed by atoms with E-state index in [-0.39, 0.29) is 28.3 Å². The number of amides is 2. The number of hydrogen-bond acceptors (Lipinski definition) is 2. The number of fused-ring (bicyclic) bond motifs is 5. The lowest BCUT2D eigenvalue weighted by molar-refractivity contribution is -0.199. The van der Waals surface area contributed by atoms with Gasteiger partial charge in [0, 0.05) is 18.4 Å². The highest BCUT2D eigenvalue weighted by Crippen LogP contribution is 2.65. The molecule has 1 heterocycles. The highest BCUT2D eigenvalue weighted by atomic mass is 19.4. The number of halogens is 3. The van der Waals surface area contributed by atoms with Gasteiger partial charge in [-0.3, -0.25) is 9.59 Å². The number of rotatable bonds is 3. The molecule has 0 radical (unpaired) electrons. The second-order valence-corrected chi connectivity index (χ2v) is 12.7. The number of alkyl halides is 3. The number of carbonyl (C=O) groups excluding carboxylic acids is 2. The summed E-state index contributed by atoms with van der Waals surface area (Å²) in [4.78, 5) is 25.7. The monoisotopic (exact) mass is 504 g/mol. The van der Waals surface area contributed by atoms with Crippen LogP contribution in [0.3, 0.4) is 0 Å². The summed E-state index contributed by atoms with van der Waals surface area (Å²) in [7, 11) is 0. The number of aryl methyl sites for hydroxylation is 1. The predicted molar refractivity (Wildman–Crippen MR) is 132 cm³/mol. The molecule has 0 spiro atoms. The average Bonchev–Trinajstić information content (AvgIpc) is 3.16. The molecule has 4 unspecified atom stereocenters. The molecule has 7 heteroatoms. The average molecular weight is 505 g/mol. The van der Waals surface area contributed by atoms with Crippen LogP contribution in [0.25, 0.3) is 0 Å². The molecule has 4 fully saturated rings. The molecule has 198 valence electrons. The topological polar surface area (TPSA) is 58.2 Å². The van der Waals surface area contributed by atoms with E-state index in [9.17, 15) is 22.8 Å². The molecule has 3 saturated carbocycles. The molecular formula is C29H39F3N2O2. The van der Waals surface area contributed by atoms with Crippen LogP contribution in [0, 0.1) is 41.4 Å². The molecule has 4 nitrogen and oxygen atoms in total. The quantitative estimate of drug-likeness (QED) is 0.528. The molecular weight excluding hydrogens is 465 g/mol. The van der Waals surface area contributed by atoms with Gasteiger partial charge in [0.15, 0.2) is 5.54 Å². The van der Waals surface area contributed by atoms with E-state index in [1.807, 2.05) is 6.92 Å². The van der Waals surface area contributed by atoms with Gasteiger partial charge in [0.1, 0.15) is 0 Å². The first-order valence-electron chi connectivity index (χ1n) is 13.5. The zero-order valence-electron chi connectivity index (χ0n) is 21.8. The second-order valence-electron chi connectivity index (χ2n) is 12.7. The molecule has 0 aromatic heterocycles. The first-order chi connectivity index (χ1) is 16.8. The largest absolute Gasteiger partial charge is 0.415 e. The summed E-state index contributed by atoms with van der Waals surface area (Å²) in [6, 6.07) is 6.46. The molecule has 0 bridgehead atoms. The van der Waals surface area contributed by atoms with Crippen molar-refractivity contribution in [2.45, 2.75) is 96.8 Å². The van der Waals surface area contributed by atoms with E-state index in [1.165, 1.54) is 12.1 Å². The molecule has 1 saturated heterocycles. The first kappa shape index (κ1) is 25.6. The summed E-state index contributed by atoms with van der Waals surface area (Å²) in [6.45, 7) is 7.39. The number of carbonyl (C=O) groups is 2. The fraction of sp³-hybridized carbons (Fsp3) is 0.724. The van der Waals surface area contributed by atoms with Crippen LogP contribution in [0.2, 0.25) is 0 Å². The Hall–Kier alpha value is -2.05. The molecule has 2 N–H and O–H groups in total. The van der Waals surface area contributed by atoms with Crippen molar-refractivity contribution >= 4 is 11.8 Å². The van der Waals surface area contributed by atoms with Crippen molar-refractivity contribution in [2.75, 3.05) is 0 Å². The summed E-state index contributed by atoms with van der Waals surface area (Å²) < 4.78 is 43.1. The van der Waals surface area contributed by atoms with Crippen LogP contribution in [0.5, 0.6) is 0 Å². The van der Waals surface area contributed by atoms with Crippen LogP contribution < -0.4 is 10.6 Å².